The number of rotatable bonds is 2. The number of hydrogen-bond donors (Lipinski definition) is 0. The van der Waals surface area contributed by atoms with Crippen molar-refractivity contribution in [2.45, 2.75) is 20.8 Å². The molecule has 3 aromatic rings. The molecule has 1 aromatic heterocycles. The van der Waals surface area contributed by atoms with E-state index in [4.69, 9.17) is 0 Å². The zero-order chi connectivity index (χ0) is 15.1. The number of hydrogen-bond acceptors (Lipinski definition) is 1. The first-order valence-electron chi connectivity index (χ1n) is 7.42. The van der Waals surface area contributed by atoms with Gasteiger partial charge in [0.25, 0.3) is 0 Å². The maximum absolute atomic E-state index is 4.40. The fourth-order valence-electron chi connectivity index (χ4n) is 2.34. The first-order chi connectivity index (χ1) is 10.4. The number of aromatic nitrogens is 1. The van der Waals surface area contributed by atoms with Crippen LogP contribution in [-0.2, 0) is 0 Å². The summed E-state index contributed by atoms with van der Waals surface area (Å²) in [5.41, 5.74) is 6.09. The summed E-state index contributed by atoms with van der Waals surface area (Å²) in [5, 5.41) is 0. The number of nitrogens with zero attached hydrogens (tertiary/aromatic N) is 1. The summed E-state index contributed by atoms with van der Waals surface area (Å²) < 4.78 is 0. The second-order valence-electron chi connectivity index (χ2n) is 4.59. The Balaban J connectivity index is 0.000000774. The van der Waals surface area contributed by atoms with Crippen LogP contribution < -0.4 is 0 Å². The van der Waals surface area contributed by atoms with Crippen molar-refractivity contribution in [2.75, 3.05) is 0 Å². The lowest BCUT2D eigenvalue weighted by Crippen LogP contribution is -1.90. The molecule has 0 amide bonds. The molecule has 2 aromatic carbocycles. The topological polar surface area (TPSA) is 12.9 Å². The van der Waals surface area contributed by atoms with Crippen molar-refractivity contribution >= 4 is 0 Å². The van der Waals surface area contributed by atoms with Crippen molar-refractivity contribution in [2.24, 2.45) is 0 Å². The smallest absolute Gasteiger partial charge is 0.0349 e. The largest absolute Gasteiger partial charge is 0.263 e. The zero-order valence-corrected chi connectivity index (χ0v) is 12.9. The van der Waals surface area contributed by atoms with Gasteiger partial charge >= 0.3 is 0 Å². The van der Waals surface area contributed by atoms with Gasteiger partial charge in [-0.3, -0.25) is 4.98 Å². The predicted octanol–water partition coefficient (Wildman–Crippen LogP) is 5.75. The van der Waals surface area contributed by atoms with E-state index in [-0.39, 0.29) is 0 Å². The lowest BCUT2D eigenvalue weighted by atomic mass is 9.96. The molecule has 0 saturated heterocycles. The van der Waals surface area contributed by atoms with E-state index < -0.39 is 0 Å². The van der Waals surface area contributed by atoms with Gasteiger partial charge in [0.15, 0.2) is 0 Å². The van der Waals surface area contributed by atoms with E-state index in [1.807, 2.05) is 38.4 Å². The Hall–Kier alpha value is -2.41. The Morgan fingerprint density at radius 2 is 1.00 bits per heavy atom. The maximum atomic E-state index is 4.40. The minimum atomic E-state index is 1.20. The van der Waals surface area contributed by atoms with Crippen molar-refractivity contribution < 1.29 is 0 Å². The van der Waals surface area contributed by atoms with Gasteiger partial charge in [-0.15, -0.1) is 0 Å². The summed E-state index contributed by atoms with van der Waals surface area (Å²) in [7, 11) is 0. The highest BCUT2D eigenvalue weighted by Gasteiger charge is 2.07. The molecule has 0 bridgehead atoms. The maximum Gasteiger partial charge on any atom is 0.0349 e. The fraction of sp³-hybridized carbons (Fsp3) is 0.150. The molecule has 0 unspecified atom stereocenters. The normalized spacial score (nSPS) is 9.67. The van der Waals surface area contributed by atoms with Crippen molar-refractivity contribution in [3.8, 4) is 22.3 Å². The lowest BCUT2D eigenvalue weighted by molar-refractivity contribution is 1.29. The zero-order valence-electron chi connectivity index (χ0n) is 12.9. The second kappa shape index (κ2) is 7.39. The molecule has 21 heavy (non-hydrogen) atoms. The number of benzene rings is 2. The third-order valence-electron chi connectivity index (χ3n) is 3.38. The summed E-state index contributed by atoms with van der Waals surface area (Å²) in [6.45, 7) is 6.16. The van der Waals surface area contributed by atoms with E-state index in [1.54, 1.807) is 0 Å². The molecule has 0 aliphatic rings. The summed E-state index contributed by atoms with van der Waals surface area (Å²) >= 11 is 0. The predicted molar refractivity (Wildman–Crippen MR) is 91.2 cm³/mol. The highest BCUT2D eigenvalue weighted by molar-refractivity contribution is 5.76. The van der Waals surface area contributed by atoms with Crippen LogP contribution >= 0.6 is 0 Å². The van der Waals surface area contributed by atoms with Crippen LogP contribution in [0.25, 0.3) is 22.3 Å². The molecular weight excluding hydrogens is 254 g/mol. The molecule has 1 heteroatoms. The van der Waals surface area contributed by atoms with Crippen molar-refractivity contribution in [3.63, 3.8) is 0 Å². The Morgan fingerprint density at radius 3 is 1.38 bits per heavy atom. The summed E-state index contributed by atoms with van der Waals surface area (Å²) in [6.07, 6.45) is 3.88. The molecular formula is C20H21N. The minimum Gasteiger partial charge on any atom is -0.263 e. The van der Waals surface area contributed by atoms with E-state index >= 15 is 0 Å². The molecule has 106 valence electrons. The molecule has 0 aliphatic carbocycles. The van der Waals surface area contributed by atoms with Gasteiger partial charge < -0.3 is 0 Å². The minimum absolute atomic E-state index is 1.20. The van der Waals surface area contributed by atoms with Gasteiger partial charge in [-0.05, 0) is 23.6 Å². The lowest BCUT2D eigenvalue weighted by Gasteiger charge is -2.11. The molecule has 0 radical (unpaired) electrons. The van der Waals surface area contributed by atoms with Crippen LogP contribution in [0.3, 0.4) is 0 Å². The standard InChI is InChI=1S/C18H15N.C2H6/c1-14-17(15-8-4-2-5-9-15)12-19-13-18(14)16-10-6-3-7-11-16;1-2/h2-13H,1H3;1-2H3. The monoisotopic (exact) mass is 275 g/mol. The van der Waals surface area contributed by atoms with Gasteiger partial charge in [-0.2, -0.15) is 0 Å². The van der Waals surface area contributed by atoms with Crippen LogP contribution in [0.2, 0.25) is 0 Å². The van der Waals surface area contributed by atoms with Gasteiger partial charge in [0.2, 0.25) is 0 Å². The van der Waals surface area contributed by atoms with Crippen LogP contribution in [-0.4, -0.2) is 4.98 Å². The van der Waals surface area contributed by atoms with Gasteiger partial charge in [-0.25, -0.2) is 0 Å². The van der Waals surface area contributed by atoms with E-state index in [2.05, 4.69) is 60.4 Å². The Morgan fingerprint density at radius 1 is 0.619 bits per heavy atom. The highest BCUT2D eigenvalue weighted by Crippen LogP contribution is 2.30. The molecule has 0 fully saturated rings. The van der Waals surface area contributed by atoms with Gasteiger partial charge in [0, 0.05) is 23.5 Å². The fourth-order valence-corrected chi connectivity index (χ4v) is 2.34. The van der Waals surface area contributed by atoms with Gasteiger partial charge in [-0.1, -0.05) is 74.5 Å². The molecule has 1 heterocycles. The molecule has 3 rings (SSSR count). The molecule has 0 aliphatic heterocycles. The van der Waals surface area contributed by atoms with E-state index in [9.17, 15) is 0 Å². The van der Waals surface area contributed by atoms with E-state index in [1.165, 1.54) is 27.8 Å². The van der Waals surface area contributed by atoms with Gasteiger partial charge in [0.05, 0.1) is 0 Å². The summed E-state index contributed by atoms with van der Waals surface area (Å²) in [6, 6.07) is 20.8. The Labute approximate surface area is 127 Å². The molecule has 0 N–H and O–H groups in total. The highest BCUT2D eigenvalue weighted by atomic mass is 14.6. The quantitative estimate of drug-likeness (QED) is 0.580. The molecule has 1 nitrogen and oxygen atoms in total. The molecule has 0 spiro atoms. The molecule has 0 atom stereocenters. The van der Waals surface area contributed by atoms with Crippen molar-refractivity contribution in [3.05, 3.63) is 78.6 Å². The average molecular weight is 275 g/mol. The summed E-state index contributed by atoms with van der Waals surface area (Å²) in [5.74, 6) is 0. The van der Waals surface area contributed by atoms with Crippen LogP contribution in [0.5, 0.6) is 0 Å². The van der Waals surface area contributed by atoms with Crippen LogP contribution in [0.1, 0.15) is 19.4 Å². The Bertz CT molecular complexity index is 615. The van der Waals surface area contributed by atoms with Crippen molar-refractivity contribution in [1.82, 2.24) is 4.98 Å². The van der Waals surface area contributed by atoms with Crippen molar-refractivity contribution in [1.29, 1.82) is 0 Å². The first-order valence-corrected chi connectivity index (χ1v) is 7.42. The SMILES string of the molecule is CC.Cc1c(-c2ccccc2)cncc1-c1ccccc1. The first kappa shape index (κ1) is 15.0. The molecule has 0 saturated carbocycles. The van der Waals surface area contributed by atoms with Crippen LogP contribution in [0.4, 0.5) is 0 Å². The van der Waals surface area contributed by atoms with E-state index in [0.29, 0.717) is 0 Å². The third kappa shape index (κ3) is 3.38. The Kier molecular flexibility index (Phi) is 5.28. The van der Waals surface area contributed by atoms with E-state index in [0.717, 1.165) is 0 Å². The average Bonchev–Trinajstić information content (AvgIpc) is 2.58. The van der Waals surface area contributed by atoms with Crippen LogP contribution in [0.15, 0.2) is 73.1 Å². The summed E-state index contributed by atoms with van der Waals surface area (Å²) in [4.78, 5) is 4.40. The van der Waals surface area contributed by atoms with Crippen LogP contribution in [0, 0.1) is 6.92 Å². The van der Waals surface area contributed by atoms with Gasteiger partial charge in [0.1, 0.15) is 0 Å². The number of pyridine rings is 1. The third-order valence-corrected chi connectivity index (χ3v) is 3.38. The second-order valence-corrected chi connectivity index (χ2v) is 4.59.